The van der Waals surface area contributed by atoms with Crippen molar-refractivity contribution in [2.24, 2.45) is 5.41 Å². The number of nitrogens with zero attached hydrogens (tertiary/aromatic N) is 4. The highest BCUT2D eigenvalue weighted by Crippen LogP contribution is 2.30. The Balaban J connectivity index is 1.22. The summed E-state index contributed by atoms with van der Waals surface area (Å²) in [7, 11) is 0. The quantitative estimate of drug-likeness (QED) is 0.231. The Morgan fingerprint density at radius 3 is 2.55 bits per heavy atom. The average Bonchev–Trinajstić information content (AvgIpc) is 2.98. The van der Waals surface area contributed by atoms with Gasteiger partial charge in [-0.15, -0.1) is 0 Å². The number of anilines is 3. The molecule has 3 heterocycles. The second-order valence-electron chi connectivity index (χ2n) is 11.7. The number of fused-ring (bicyclic) bond motifs is 1. The lowest BCUT2D eigenvalue weighted by Gasteiger charge is -2.26. The molecule has 220 valence electrons. The van der Waals surface area contributed by atoms with Gasteiger partial charge in [-0.2, -0.15) is 0 Å². The topological polar surface area (TPSA) is 114 Å². The monoisotopic (exact) mass is 569 g/mol. The van der Waals surface area contributed by atoms with Crippen molar-refractivity contribution in [2.45, 2.75) is 27.7 Å². The Morgan fingerprint density at radius 1 is 1.02 bits per heavy atom. The Morgan fingerprint density at radius 2 is 1.81 bits per heavy atom. The number of aryl methyl sites for hydroxylation is 1. The zero-order chi connectivity index (χ0) is 29.5. The van der Waals surface area contributed by atoms with Gasteiger partial charge in [-0.25, -0.2) is 15.0 Å². The fourth-order valence-corrected chi connectivity index (χ4v) is 4.55. The van der Waals surface area contributed by atoms with E-state index in [9.17, 15) is 4.79 Å². The molecular formula is C32H39N7O3. The maximum Gasteiger partial charge on any atom is 0.251 e. The molecule has 1 amide bonds. The molecular weight excluding hydrogens is 530 g/mol. The van der Waals surface area contributed by atoms with E-state index < -0.39 is 0 Å². The van der Waals surface area contributed by atoms with Crippen molar-refractivity contribution in [3.63, 3.8) is 0 Å². The summed E-state index contributed by atoms with van der Waals surface area (Å²) in [4.78, 5) is 28.2. The third kappa shape index (κ3) is 7.92. The van der Waals surface area contributed by atoms with Crippen LogP contribution in [0.15, 0.2) is 61.1 Å². The lowest BCUT2D eigenvalue weighted by molar-refractivity contribution is 0.0398. The van der Waals surface area contributed by atoms with Crippen molar-refractivity contribution < 1.29 is 14.3 Å². The molecule has 10 heteroatoms. The van der Waals surface area contributed by atoms with Gasteiger partial charge in [0.1, 0.15) is 29.5 Å². The molecule has 5 rings (SSSR count). The van der Waals surface area contributed by atoms with Crippen molar-refractivity contribution >= 4 is 34.1 Å². The second-order valence-corrected chi connectivity index (χ2v) is 11.7. The highest BCUT2D eigenvalue weighted by Gasteiger charge is 2.14. The number of hydrogen-bond donors (Lipinski definition) is 3. The van der Waals surface area contributed by atoms with Gasteiger partial charge < -0.3 is 25.4 Å². The summed E-state index contributed by atoms with van der Waals surface area (Å²) in [5, 5.41) is 10.7. The molecule has 1 saturated heterocycles. The smallest absolute Gasteiger partial charge is 0.251 e. The fraction of sp³-hybridized carbons (Fsp3) is 0.375. The molecule has 0 spiro atoms. The van der Waals surface area contributed by atoms with Crippen LogP contribution < -0.4 is 20.7 Å². The first kappa shape index (κ1) is 29.2. The van der Waals surface area contributed by atoms with Crippen molar-refractivity contribution in [1.29, 1.82) is 0 Å². The number of nitrogens with one attached hydrogen (secondary N) is 3. The van der Waals surface area contributed by atoms with Crippen molar-refractivity contribution in [1.82, 2.24) is 25.2 Å². The first-order chi connectivity index (χ1) is 20.2. The number of amides is 1. The molecule has 2 aromatic heterocycles. The van der Waals surface area contributed by atoms with Crippen LogP contribution in [0.25, 0.3) is 10.9 Å². The fourth-order valence-electron chi connectivity index (χ4n) is 4.55. The molecule has 0 bridgehead atoms. The van der Waals surface area contributed by atoms with E-state index in [0.717, 1.165) is 73.1 Å². The number of carbonyl (C=O) groups excluding carboxylic acids is 1. The second kappa shape index (κ2) is 13.1. The van der Waals surface area contributed by atoms with Crippen molar-refractivity contribution in [2.75, 3.05) is 56.6 Å². The predicted octanol–water partition coefficient (Wildman–Crippen LogP) is 5.39. The minimum atomic E-state index is -0.0907. The molecule has 3 N–H and O–H groups in total. The van der Waals surface area contributed by atoms with Crippen LogP contribution in [0, 0.1) is 12.3 Å². The van der Waals surface area contributed by atoms with Gasteiger partial charge in [0.2, 0.25) is 0 Å². The highest BCUT2D eigenvalue weighted by atomic mass is 16.5. The Kier molecular flexibility index (Phi) is 9.14. The number of morpholine rings is 1. The Labute approximate surface area is 246 Å². The van der Waals surface area contributed by atoms with Crippen molar-refractivity contribution in [3.8, 4) is 11.5 Å². The zero-order valence-corrected chi connectivity index (χ0v) is 24.7. The molecule has 0 radical (unpaired) electrons. The van der Waals surface area contributed by atoms with E-state index in [2.05, 4.69) is 56.6 Å². The minimum Gasteiger partial charge on any atom is -0.457 e. The van der Waals surface area contributed by atoms with Crippen LogP contribution in [-0.2, 0) is 4.74 Å². The average molecular weight is 570 g/mol. The van der Waals surface area contributed by atoms with Crippen LogP contribution in [0.5, 0.6) is 11.5 Å². The van der Waals surface area contributed by atoms with E-state index in [1.165, 1.54) is 6.33 Å². The van der Waals surface area contributed by atoms with Gasteiger partial charge in [0.05, 0.1) is 24.9 Å². The standard InChI is InChI=1S/C32H39N7O3/c1-22-17-24(7-10-28(22)42-25-8-5-23(6-9-25)31(40)35-20-32(2,3)4)38-30-26-18-29(34-19-27(26)36-21-37-30)33-11-12-39-13-15-41-16-14-39/h5-10,17-19,21H,11-16,20H2,1-4H3,(H,33,34)(H,35,40)(H,36,37,38). The SMILES string of the molecule is Cc1cc(Nc2ncnc3cnc(NCCN4CCOCC4)cc23)ccc1Oc1ccc(C(=O)NCC(C)(C)C)cc1. The lowest BCUT2D eigenvalue weighted by Crippen LogP contribution is -2.39. The summed E-state index contributed by atoms with van der Waals surface area (Å²) in [6.07, 6.45) is 3.30. The van der Waals surface area contributed by atoms with Gasteiger partial charge in [-0.05, 0) is 66.4 Å². The third-order valence-electron chi connectivity index (χ3n) is 6.92. The molecule has 2 aromatic carbocycles. The number of carbonyl (C=O) groups is 1. The molecule has 0 saturated carbocycles. The molecule has 1 aliphatic rings. The van der Waals surface area contributed by atoms with E-state index in [1.807, 2.05) is 43.3 Å². The first-order valence-corrected chi connectivity index (χ1v) is 14.3. The molecule has 10 nitrogen and oxygen atoms in total. The Bertz CT molecular complexity index is 1510. The summed E-state index contributed by atoms with van der Waals surface area (Å²) < 4.78 is 11.5. The minimum absolute atomic E-state index is 0.0261. The molecule has 42 heavy (non-hydrogen) atoms. The molecule has 1 fully saturated rings. The van der Waals surface area contributed by atoms with E-state index in [0.29, 0.717) is 23.7 Å². The number of aromatic nitrogens is 3. The molecule has 4 aromatic rings. The predicted molar refractivity (Wildman–Crippen MR) is 166 cm³/mol. The number of hydrogen-bond acceptors (Lipinski definition) is 9. The number of ether oxygens (including phenoxy) is 2. The van der Waals surface area contributed by atoms with E-state index >= 15 is 0 Å². The molecule has 0 unspecified atom stereocenters. The van der Waals surface area contributed by atoms with Crippen LogP contribution >= 0.6 is 0 Å². The van der Waals surface area contributed by atoms with Gasteiger partial charge >= 0.3 is 0 Å². The molecule has 0 aliphatic carbocycles. The third-order valence-corrected chi connectivity index (χ3v) is 6.92. The lowest BCUT2D eigenvalue weighted by atomic mass is 9.97. The van der Waals surface area contributed by atoms with E-state index in [1.54, 1.807) is 18.3 Å². The van der Waals surface area contributed by atoms with Crippen molar-refractivity contribution in [3.05, 3.63) is 72.2 Å². The van der Waals surface area contributed by atoms with Crippen LogP contribution in [0.4, 0.5) is 17.3 Å². The van der Waals surface area contributed by atoms with Crippen LogP contribution in [0.1, 0.15) is 36.7 Å². The van der Waals surface area contributed by atoms with E-state index in [4.69, 9.17) is 9.47 Å². The zero-order valence-electron chi connectivity index (χ0n) is 24.7. The van der Waals surface area contributed by atoms with Crippen LogP contribution in [0.2, 0.25) is 0 Å². The normalized spacial score (nSPS) is 14.0. The number of pyridine rings is 1. The number of benzene rings is 2. The number of rotatable bonds is 10. The summed E-state index contributed by atoms with van der Waals surface area (Å²) >= 11 is 0. The highest BCUT2D eigenvalue weighted by molar-refractivity contribution is 5.94. The maximum absolute atomic E-state index is 12.4. The van der Waals surface area contributed by atoms with Gasteiger partial charge in [0, 0.05) is 49.4 Å². The Hall–Kier alpha value is -4.28. The van der Waals surface area contributed by atoms with Crippen LogP contribution in [-0.4, -0.2) is 71.7 Å². The maximum atomic E-state index is 12.4. The van der Waals surface area contributed by atoms with Gasteiger partial charge in [0.25, 0.3) is 5.91 Å². The summed E-state index contributed by atoms with van der Waals surface area (Å²) in [6, 6.07) is 15.0. The van der Waals surface area contributed by atoms with E-state index in [-0.39, 0.29) is 11.3 Å². The first-order valence-electron chi connectivity index (χ1n) is 14.3. The summed E-state index contributed by atoms with van der Waals surface area (Å²) in [6.45, 7) is 14.1. The largest absolute Gasteiger partial charge is 0.457 e. The van der Waals surface area contributed by atoms with Gasteiger partial charge in [-0.3, -0.25) is 9.69 Å². The molecule has 1 aliphatic heterocycles. The molecule has 0 atom stereocenters. The summed E-state index contributed by atoms with van der Waals surface area (Å²) in [5.41, 5.74) is 3.23. The van der Waals surface area contributed by atoms with Gasteiger partial charge in [-0.1, -0.05) is 20.8 Å². The summed E-state index contributed by atoms with van der Waals surface area (Å²) in [5.74, 6) is 2.79. The van der Waals surface area contributed by atoms with Crippen LogP contribution in [0.3, 0.4) is 0 Å². The van der Waals surface area contributed by atoms with Gasteiger partial charge in [0.15, 0.2) is 0 Å².